The van der Waals surface area contributed by atoms with Crippen molar-refractivity contribution in [1.82, 2.24) is 10.9 Å². The SMILES string of the molecule is O=C(NN=C(C(=NNC(=O)c1ccccc1)c1ccccc1)c1ccccc1)c1ccccc1. The number of carbonyl (C=O) groups is 2. The lowest BCUT2D eigenvalue weighted by Gasteiger charge is -2.12. The summed E-state index contributed by atoms with van der Waals surface area (Å²) in [5, 5.41) is 8.87. The molecule has 4 rings (SSSR count). The Bertz CT molecular complexity index is 1200. The normalized spacial score (nSPS) is 11.5. The van der Waals surface area contributed by atoms with E-state index in [1.54, 1.807) is 48.5 Å². The lowest BCUT2D eigenvalue weighted by molar-refractivity contribution is 0.0946. The standard InChI is InChI=1S/C28H22N4O2/c33-27(23-17-9-3-10-18-23)31-29-25(21-13-5-1-6-14-21)26(22-15-7-2-8-16-22)30-32-28(34)24-19-11-4-12-20-24/h1-20H,(H,31,33)(H,32,34). The molecule has 0 unspecified atom stereocenters. The second kappa shape index (κ2) is 11.2. The average Bonchev–Trinajstić information content (AvgIpc) is 2.92. The van der Waals surface area contributed by atoms with Gasteiger partial charge in [-0.25, -0.2) is 10.9 Å². The predicted octanol–water partition coefficient (Wildman–Crippen LogP) is 4.66. The molecule has 6 nitrogen and oxygen atoms in total. The first-order valence-corrected chi connectivity index (χ1v) is 10.7. The van der Waals surface area contributed by atoms with Gasteiger partial charge in [-0.1, -0.05) is 97.1 Å². The minimum absolute atomic E-state index is 0.352. The summed E-state index contributed by atoms with van der Waals surface area (Å²) >= 11 is 0. The molecule has 0 aliphatic heterocycles. The van der Waals surface area contributed by atoms with E-state index in [1.807, 2.05) is 72.8 Å². The van der Waals surface area contributed by atoms with Crippen molar-refractivity contribution >= 4 is 23.2 Å². The van der Waals surface area contributed by atoms with E-state index >= 15 is 0 Å². The van der Waals surface area contributed by atoms with E-state index in [9.17, 15) is 9.59 Å². The molecular formula is C28H22N4O2. The molecular weight excluding hydrogens is 424 g/mol. The van der Waals surface area contributed by atoms with Crippen molar-refractivity contribution in [2.24, 2.45) is 10.2 Å². The maximum absolute atomic E-state index is 12.7. The molecule has 0 radical (unpaired) electrons. The monoisotopic (exact) mass is 446 g/mol. The quantitative estimate of drug-likeness (QED) is 0.320. The van der Waals surface area contributed by atoms with E-state index in [2.05, 4.69) is 21.1 Å². The zero-order chi connectivity index (χ0) is 23.6. The highest BCUT2D eigenvalue weighted by molar-refractivity contribution is 6.53. The van der Waals surface area contributed by atoms with Crippen LogP contribution in [0, 0.1) is 0 Å². The summed E-state index contributed by atoms with van der Waals surface area (Å²) < 4.78 is 0. The third kappa shape index (κ3) is 5.69. The maximum Gasteiger partial charge on any atom is 0.271 e. The Labute approximate surface area is 197 Å². The van der Waals surface area contributed by atoms with Gasteiger partial charge in [-0.3, -0.25) is 9.59 Å². The zero-order valence-electron chi connectivity index (χ0n) is 18.3. The molecule has 0 aliphatic rings. The molecule has 0 aliphatic carbocycles. The number of carbonyl (C=O) groups excluding carboxylic acids is 2. The van der Waals surface area contributed by atoms with Gasteiger partial charge in [-0.2, -0.15) is 10.2 Å². The van der Waals surface area contributed by atoms with Gasteiger partial charge in [0.05, 0.1) is 0 Å². The number of hydrogen-bond donors (Lipinski definition) is 2. The second-order valence-corrected chi connectivity index (χ2v) is 7.27. The Morgan fingerprint density at radius 1 is 0.412 bits per heavy atom. The van der Waals surface area contributed by atoms with Gasteiger partial charge in [0, 0.05) is 22.3 Å². The topological polar surface area (TPSA) is 82.9 Å². The number of benzene rings is 4. The van der Waals surface area contributed by atoms with E-state index in [4.69, 9.17) is 0 Å². The van der Waals surface area contributed by atoms with Crippen molar-refractivity contribution in [3.8, 4) is 0 Å². The number of hydrazone groups is 2. The van der Waals surface area contributed by atoms with Crippen LogP contribution in [0.1, 0.15) is 31.8 Å². The molecule has 4 aromatic carbocycles. The smallest absolute Gasteiger partial charge is 0.267 e. The van der Waals surface area contributed by atoms with Crippen LogP contribution in [0.3, 0.4) is 0 Å². The fraction of sp³-hybridized carbons (Fsp3) is 0. The Balaban J connectivity index is 1.73. The number of nitrogens with one attached hydrogen (secondary N) is 2. The van der Waals surface area contributed by atoms with Gasteiger partial charge in [0.15, 0.2) is 0 Å². The third-order valence-corrected chi connectivity index (χ3v) is 4.93. The first-order chi connectivity index (χ1) is 16.7. The van der Waals surface area contributed by atoms with Gasteiger partial charge in [-0.05, 0) is 24.3 Å². The molecule has 0 fully saturated rings. The van der Waals surface area contributed by atoms with Crippen LogP contribution in [0.15, 0.2) is 132 Å². The van der Waals surface area contributed by atoms with Gasteiger partial charge in [0.1, 0.15) is 11.4 Å². The number of hydrogen-bond acceptors (Lipinski definition) is 4. The molecule has 0 bridgehead atoms. The lowest BCUT2D eigenvalue weighted by atomic mass is 10.00. The summed E-state index contributed by atoms with van der Waals surface area (Å²) in [6.45, 7) is 0. The molecule has 2 amide bonds. The van der Waals surface area contributed by atoms with Crippen LogP contribution in [0.25, 0.3) is 0 Å². The van der Waals surface area contributed by atoms with Crippen molar-refractivity contribution in [2.75, 3.05) is 0 Å². The van der Waals surface area contributed by atoms with Crippen LogP contribution < -0.4 is 10.9 Å². The summed E-state index contributed by atoms with van der Waals surface area (Å²) in [5.41, 5.74) is 8.48. The van der Waals surface area contributed by atoms with Crippen molar-refractivity contribution in [1.29, 1.82) is 0 Å². The minimum Gasteiger partial charge on any atom is -0.267 e. The fourth-order valence-electron chi connectivity index (χ4n) is 3.22. The summed E-state index contributed by atoms with van der Waals surface area (Å²) in [4.78, 5) is 25.3. The van der Waals surface area contributed by atoms with Crippen molar-refractivity contribution < 1.29 is 9.59 Å². The van der Waals surface area contributed by atoms with Gasteiger partial charge in [0.2, 0.25) is 0 Å². The molecule has 0 heterocycles. The highest BCUT2D eigenvalue weighted by Gasteiger charge is 2.17. The largest absolute Gasteiger partial charge is 0.271 e. The summed E-state index contributed by atoms with van der Waals surface area (Å²) in [5.74, 6) is -0.704. The second-order valence-electron chi connectivity index (χ2n) is 7.27. The predicted molar refractivity (Wildman–Crippen MR) is 134 cm³/mol. The van der Waals surface area contributed by atoms with Gasteiger partial charge < -0.3 is 0 Å². The van der Waals surface area contributed by atoms with E-state index < -0.39 is 0 Å². The third-order valence-electron chi connectivity index (χ3n) is 4.93. The number of nitrogens with zero attached hydrogens (tertiary/aromatic N) is 2. The van der Waals surface area contributed by atoms with Gasteiger partial charge in [-0.15, -0.1) is 0 Å². The highest BCUT2D eigenvalue weighted by Crippen LogP contribution is 2.11. The molecule has 0 atom stereocenters. The first-order valence-electron chi connectivity index (χ1n) is 10.7. The fourth-order valence-corrected chi connectivity index (χ4v) is 3.22. The van der Waals surface area contributed by atoms with Crippen LogP contribution in [0.2, 0.25) is 0 Å². The highest BCUT2D eigenvalue weighted by atomic mass is 16.2. The zero-order valence-corrected chi connectivity index (χ0v) is 18.3. The molecule has 4 aromatic rings. The lowest BCUT2D eigenvalue weighted by Crippen LogP contribution is -2.28. The molecule has 166 valence electrons. The molecule has 0 aromatic heterocycles. The Hall–Kier alpha value is -4.84. The molecule has 0 saturated carbocycles. The minimum atomic E-state index is -0.352. The first kappa shape index (κ1) is 22.4. The van der Waals surface area contributed by atoms with E-state index in [0.717, 1.165) is 11.1 Å². The van der Waals surface area contributed by atoms with Crippen LogP contribution in [-0.4, -0.2) is 23.2 Å². The molecule has 0 saturated heterocycles. The Morgan fingerprint density at radius 3 is 0.971 bits per heavy atom. The van der Waals surface area contributed by atoms with Crippen molar-refractivity contribution in [3.63, 3.8) is 0 Å². The number of amides is 2. The van der Waals surface area contributed by atoms with Crippen molar-refractivity contribution in [3.05, 3.63) is 144 Å². The van der Waals surface area contributed by atoms with Crippen LogP contribution >= 0.6 is 0 Å². The summed E-state index contributed by atoms with van der Waals surface area (Å²) in [7, 11) is 0. The van der Waals surface area contributed by atoms with E-state index in [1.165, 1.54) is 0 Å². The molecule has 34 heavy (non-hydrogen) atoms. The van der Waals surface area contributed by atoms with Gasteiger partial charge >= 0.3 is 0 Å². The molecule has 2 N–H and O–H groups in total. The average molecular weight is 447 g/mol. The van der Waals surface area contributed by atoms with Crippen LogP contribution in [-0.2, 0) is 0 Å². The summed E-state index contributed by atoms with van der Waals surface area (Å²) in [6.07, 6.45) is 0. The van der Waals surface area contributed by atoms with E-state index in [0.29, 0.717) is 22.6 Å². The summed E-state index contributed by atoms with van der Waals surface area (Å²) in [6, 6.07) is 36.4. The van der Waals surface area contributed by atoms with Crippen LogP contribution in [0.5, 0.6) is 0 Å². The Kier molecular flexibility index (Phi) is 7.33. The van der Waals surface area contributed by atoms with Crippen molar-refractivity contribution in [2.45, 2.75) is 0 Å². The molecule has 6 heteroatoms. The number of rotatable bonds is 7. The maximum atomic E-state index is 12.7. The Morgan fingerprint density at radius 2 is 0.676 bits per heavy atom. The van der Waals surface area contributed by atoms with Gasteiger partial charge in [0.25, 0.3) is 11.8 Å². The van der Waals surface area contributed by atoms with Crippen LogP contribution in [0.4, 0.5) is 0 Å². The van der Waals surface area contributed by atoms with E-state index in [-0.39, 0.29) is 11.8 Å². The molecule has 0 spiro atoms.